The van der Waals surface area contributed by atoms with Crippen LogP contribution in [0.4, 0.5) is 5.69 Å². The lowest BCUT2D eigenvalue weighted by Crippen LogP contribution is -2.54. The number of carbonyl (C=O) groups excluding carboxylic acids is 2. The minimum absolute atomic E-state index is 0.0254. The molecule has 26 heavy (non-hydrogen) atoms. The Hall–Kier alpha value is -2.47. The number of hydrogen-bond acceptors (Lipinski definition) is 3. The van der Waals surface area contributed by atoms with E-state index in [-0.39, 0.29) is 10.7 Å². The fourth-order valence-corrected chi connectivity index (χ4v) is 3.20. The van der Waals surface area contributed by atoms with Crippen LogP contribution in [-0.2, 0) is 9.59 Å². The SMILES string of the molecule is O=C1NC(=S)N(c2cc(Cl)cc(Cl)c2)C(=O)C1=CC=Cc1ccccc1. The quantitative estimate of drug-likeness (QED) is 0.470. The Kier molecular flexibility index (Phi) is 5.52. The van der Waals surface area contributed by atoms with E-state index in [1.54, 1.807) is 30.4 Å². The standard InChI is InChI=1S/C19H12Cl2N2O2S/c20-13-9-14(21)11-15(10-13)23-18(25)16(17(24)22-19(23)26)8-4-7-12-5-2-1-3-6-12/h1-11H,(H,22,24,26). The van der Waals surface area contributed by atoms with Gasteiger partial charge in [-0.1, -0.05) is 65.7 Å². The molecular weight excluding hydrogens is 391 g/mol. The van der Waals surface area contributed by atoms with E-state index < -0.39 is 11.8 Å². The van der Waals surface area contributed by atoms with Gasteiger partial charge in [0.2, 0.25) is 0 Å². The van der Waals surface area contributed by atoms with Crippen LogP contribution in [0.2, 0.25) is 10.0 Å². The van der Waals surface area contributed by atoms with Crippen molar-refractivity contribution < 1.29 is 9.59 Å². The number of nitrogens with one attached hydrogen (secondary N) is 1. The maximum absolute atomic E-state index is 12.8. The van der Waals surface area contributed by atoms with E-state index in [0.717, 1.165) is 5.56 Å². The first-order valence-electron chi connectivity index (χ1n) is 7.55. The highest BCUT2D eigenvalue weighted by Crippen LogP contribution is 2.28. The predicted molar refractivity (Wildman–Crippen MR) is 108 cm³/mol. The van der Waals surface area contributed by atoms with Crippen LogP contribution >= 0.6 is 35.4 Å². The molecule has 0 unspecified atom stereocenters. The van der Waals surface area contributed by atoms with Crippen molar-refractivity contribution in [3.63, 3.8) is 0 Å². The van der Waals surface area contributed by atoms with Crippen molar-refractivity contribution in [2.75, 3.05) is 4.90 Å². The van der Waals surface area contributed by atoms with Crippen LogP contribution in [0.15, 0.2) is 66.3 Å². The van der Waals surface area contributed by atoms with Crippen LogP contribution in [0.1, 0.15) is 5.56 Å². The van der Waals surface area contributed by atoms with E-state index >= 15 is 0 Å². The molecule has 0 bridgehead atoms. The third kappa shape index (κ3) is 4.02. The number of anilines is 1. The topological polar surface area (TPSA) is 49.4 Å². The zero-order chi connectivity index (χ0) is 18.7. The van der Waals surface area contributed by atoms with Crippen molar-refractivity contribution in [2.45, 2.75) is 0 Å². The molecule has 1 aliphatic rings. The molecule has 4 nitrogen and oxygen atoms in total. The van der Waals surface area contributed by atoms with E-state index in [9.17, 15) is 9.59 Å². The van der Waals surface area contributed by atoms with Gasteiger partial charge < -0.3 is 0 Å². The fourth-order valence-electron chi connectivity index (χ4n) is 2.40. The highest BCUT2D eigenvalue weighted by molar-refractivity contribution is 7.80. The average molecular weight is 403 g/mol. The molecule has 0 aliphatic carbocycles. The average Bonchev–Trinajstić information content (AvgIpc) is 2.57. The molecular formula is C19H12Cl2N2O2S. The smallest absolute Gasteiger partial charge is 0.270 e. The molecule has 2 aromatic rings. The van der Waals surface area contributed by atoms with Crippen molar-refractivity contribution in [1.82, 2.24) is 5.32 Å². The third-order valence-electron chi connectivity index (χ3n) is 3.56. The molecule has 0 atom stereocenters. The van der Waals surface area contributed by atoms with Gasteiger partial charge in [0.25, 0.3) is 11.8 Å². The Morgan fingerprint density at radius 1 is 1.00 bits per heavy atom. The molecule has 1 heterocycles. The number of hydrogen-bond donors (Lipinski definition) is 1. The molecule has 1 saturated heterocycles. The first-order chi connectivity index (χ1) is 12.5. The minimum Gasteiger partial charge on any atom is -0.298 e. The van der Waals surface area contributed by atoms with Gasteiger partial charge in [-0.25, -0.2) is 0 Å². The molecule has 1 N–H and O–H groups in total. The third-order valence-corrected chi connectivity index (χ3v) is 4.28. The second-order valence-corrected chi connectivity index (χ2v) is 6.64. The van der Waals surface area contributed by atoms with E-state index in [2.05, 4.69) is 5.32 Å². The van der Waals surface area contributed by atoms with Crippen molar-refractivity contribution in [2.24, 2.45) is 0 Å². The number of carbonyl (C=O) groups is 2. The molecule has 0 radical (unpaired) electrons. The summed E-state index contributed by atoms with van der Waals surface area (Å²) < 4.78 is 0. The zero-order valence-electron chi connectivity index (χ0n) is 13.3. The summed E-state index contributed by atoms with van der Waals surface area (Å²) in [5, 5.41) is 3.19. The lowest BCUT2D eigenvalue weighted by atomic mass is 10.1. The van der Waals surface area contributed by atoms with Gasteiger partial charge in [-0.2, -0.15) is 0 Å². The fraction of sp³-hybridized carbons (Fsp3) is 0. The number of thiocarbonyl (C=S) groups is 1. The van der Waals surface area contributed by atoms with E-state index in [1.165, 1.54) is 11.0 Å². The summed E-state index contributed by atoms with van der Waals surface area (Å²) in [6.07, 6.45) is 4.88. The molecule has 1 aliphatic heterocycles. The number of halogens is 2. The van der Waals surface area contributed by atoms with Crippen molar-refractivity contribution in [3.8, 4) is 0 Å². The van der Waals surface area contributed by atoms with Gasteiger partial charge in [0, 0.05) is 10.0 Å². The largest absolute Gasteiger partial charge is 0.298 e. The summed E-state index contributed by atoms with van der Waals surface area (Å²) in [6.45, 7) is 0. The van der Waals surface area contributed by atoms with Crippen LogP contribution in [0.25, 0.3) is 6.08 Å². The Bertz CT molecular complexity index is 935. The van der Waals surface area contributed by atoms with Gasteiger partial charge in [0.05, 0.1) is 5.69 Å². The molecule has 2 aromatic carbocycles. The lowest BCUT2D eigenvalue weighted by Gasteiger charge is -2.29. The Balaban J connectivity index is 1.93. The minimum atomic E-state index is -0.554. The number of allylic oxidation sites excluding steroid dienone is 2. The maximum Gasteiger partial charge on any atom is 0.270 e. The van der Waals surface area contributed by atoms with Gasteiger partial charge in [0.1, 0.15) is 5.57 Å². The molecule has 2 amide bonds. The molecule has 0 aromatic heterocycles. The van der Waals surface area contributed by atoms with Crippen molar-refractivity contribution in [3.05, 3.63) is 81.9 Å². The number of amides is 2. The molecule has 7 heteroatoms. The zero-order valence-corrected chi connectivity index (χ0v) is 15.6. The molecule has 0 saturated carbocycles. The first kappa shape index (κ1) is 18.3. The number of benzene rings is 2. The first-order valence-corrected chi connectivity index (χ1v) is 8.71. The van der Waals surface area contributed by atoms with Crippen molar-refractivity contribution in [1.29, 1.82) is 0 Å². The summed E-state index contributed by atoms with van der Waals surface area (Å²) >= 11 is 17.1. The van der Waals surface area contributed by atoms with Gasteiger partial charge >= 0.3 is 0 Å². The maximum atomic E-state index is 12.8. The van der Waals surface area contributed by atoms with Gasteiger partial charge in [0.15, 0.2) is 5.11 Å². The summed E-state index contributed by atoms with van der Waals surface area (Å²) in [4.78, 5) is 26.2. The highest BCUT2D eigenvalue weighted by atomic mass is 35.5. The molecule has 130 valence electrons. The van der Waals surface area contributed by atoms with Gasteiger partial charge in [-0.15, -0.1) is 0 Å². The summed E-state index contributed by atoms with van der Waals surface area (Å²) in [5.74, 6) is -1.10. The Morgan fingerprint density at radius 3 is 2.31 bits per heavy atom. The second-order valence-electron chi connectivity index (χ2n) is 5.38. The Morgan fingerprint density at radius 2 is 1.65 bits per heavy atom. The summed E-state index contributed by atoms with van der Waals surface area (Å²) in [6, 6.07) is 14.2. The molecule has 1 fully saturated rings. The number of rotatable bonds is 3. The predicted octanol–water partition coefficient (Wildman–Crippen LogP) is 4.38. The van der Waals surface area contributed by atoms with Crippen LogP contribution in [0, 0.1) is 0 Å². The molecule has 3 rings (SSSR count). The van der Waals surface area contributed by atoms with Crippen molar-refractivity contribution >= 4 is 64.1 Å². The molecule has 0 spiro atoms. The van der Waals surface area contributed by atoms with E-state index in [4.69, 9.17) is 35.4 Å². The monoisotopic (exact) mass is 402 g/mol. The Labute approximate surface area is 165 Å². The van der Waals surface area contributed by atoms with E-state index in [0.29, 0.717) is 15.7 Å². The van der Waals surface area contributed by atoms with Crippen LogP contribution in [0.3, 0.4) is 0 Å². The number of nitrogens with zero attached hydrogens (tertiary/aromatic N) is 1. The summed E-state index contributed by atoms with van der Waals surface area (Å²) in [5.41, 5.74) is 1.29. The normalized spacial score (nSPS) is 16.5. The summed E-state index contributed by atoms with van der Waals surface area (Å²) in [7, 11) is 0. The van der Waals surface area contributed by atoms with E-state index in [1.807, 2.05) is 30.3 Å². The van der Waals surface area contributed by atoms with Crippen LogP contribution < -0.4 is 10.2 Å². The lowest BCUT2D eigenvalue weighted by molar-refractivity contribution is -0.122. The van der Waals surface area contributed by atoms with Gasteiger partial charge in [-0.3, -0.25) is 19.8 Å². The van der Waals surface area contributed by atoms with Gasteiger partial charge in [-0.05, 0) is 42.1 Å². The van der Waals surface area contributed by atoms with Crippen LogP contribution in [0.5, 0.6) is 0 Å². The van der Waals surface area contributed by atoms with Crippen LogP contribution in [-0.4, -0.2) is 16.9 Å². The second kappa shape index (κ2) is 7.83. The highest BCUT2D eigenvalue weighted by Gasteiger charge is 2.34.